The number of carbonyl (C=O) groups is 1. The molecule has 1 aromatic rings. The second kappa shape index (κ2) is 6.12. The van der Waals surface area contributed by atoms with E-state index in [4.69, 9.17) is 5.73 Å². The molecular weight excluding hydrogens is 245 g/mol. The molecule has 1 amide bonds. The van der Waals surface area contributed by atoms with Crippen molar-refractivity contribution in [2.24, 2.45) is 11.7 Å². The fraction of sp³-hybridized carbons (Fsp3) is 0.500. The van der Waals surface area contributed by atoms with Gasteiger partial charge in [0.1, 0.15) is 5.82 Å². The van der Waals surface area contributed by atoms with Gasteiger partial charge in [0, 0.05) is 18.3 Å². The maximum Gasteiger partial charge on any atom is 0.238 e. The number of carbonyl (C=O) groups excluding carboxylic acids is 1. The van der Waals surface area contributed by atoms with Gasteiger partial charge >= 0.3 is 0 Å². The van der Waals surface area contributed by atoms with Crippen LogP contribution in [0.15, 0.2) is 24.3 Å². The highest BCUT2D eigenvalue weighted by Gasteiger charge is 2.30. The number of hydrogen-bond donors (Lipinski definition) is 2. The van der Waals surface area contributed by atoms with E-state index in [0.717, 1.165) is 13.0 Å². The van der Waals surface area contributed by atoms with Crippen molar-refractivity contribution in [3.8, 4) is 0 Å². The van der Waals surface area contributed by atoms with Gasteiger partial charge in [-0.2, -0.15) is 0 Å². The molecule has 1 aliphatic rings. The molecule has 1 aromatic carbocycles. The molecule has 104 valence electrons. The second-order valence-electron chi connectivity index (χ2n) is 5.09. The lowest BCUT2D eigenvalue weighted by Gasteiger charge is -2.24. The molecule has 2 atom stereocenters. The Morgan fingerprint density at radius 3 is 2.79 bits per heavy atom. The Morgan fingerprint density at radius 1 is 1.47 bits per heavy atom. The maximum atomic E-state index is 12.8. The highest BCUT2D eigenvalue weighted by Crippen LogP contribution is 2.22. The highest BCUT2D eigenvalue weighted by molar-refractivity contribution is 5.92. The largest absolute Gasteiger partial charge is 0.329 e. The Balaban J connectivity index is 1.89. The quantitative estimate of drug-likeness (QED) is 0.866. The van der Waals surface area contributed by atoms with Crippen LogP contribution < -0.4 is 11.1 Å². The monoisotopic (exact) mass is 265 g/mol. The molecule has 4 nitrogen and oxygen atoms in total. The van der Waals surface area contributed by atoms with E-state index in [1.54, 1.807) is 12.1 Å². The number of nitrogens with zero attached hydrogens (tertiary/aromatic N) is 1. The first-order valence-electron chi connectivity index (χ1n) is 6.59. The first kappa shape index (κ1) is 14.0. The predicted octanol–water partition coefficient (Wildman–Crippen LogP) is 1.43. The van der Waals surface area contributed by atoms with Crippen molar-refractivity contribution in [1.82, 2.24) is 4.90 Å². The molecule has 19 heavy (non-hydrogen) atoms. The van der Waals surface area contributed by atoms with Crippen molar-refractivity contribution in [2.45, 2.75) is 19.4 Å². The minimum atomic E-state index is -0.311. The van der Waals surface area contributed by atoms with Crippen LogP contribution in [0, 0.1) is 11.7 Å². The minimum Gasteiger partial charge on any atom is -0.329 e. The third-order valence-electron chi connectivity index (χ3n) is 3.71. The fourth-order valence-electron chi connectivity index (χ4n) is 2.58. The van der Waals surface area contributed by atoms with Crippen LogP contribution in [0.25, 0.3) is 0 Å². The molecule has 2 rings (SSSR count). The van der Waals surface area contributed by atoms with E-state index in [1.807, 2.05) is 0 Å². The summed E-state index contributed by atoms with van der Waals surface area (Å²) < 4.78 is 12.8. The van der Waals surface area contributed by atoms with Crippen LogP contribution >= 0.6 is 0 Å². The average Bonchev–Trinajstić information content (AvgIpc) is 2.72. The van der Waals surface area contributed by atoms with Gasteiger partial charge in [0.05, 0.1) is 6.54 Å². The van der Waals surface area contributed by atoms with Crippen molar-refractivity contribution in [2.75, 3.05) is 25.0 Å². The molecule has 2 unspecified atom stereocenters. The van der Waals surface area contributed by atoms with Gasteiger partial charge in [-0.1, -0.05) is 6.92 Å². The van der Waals surface area contributed by atoms with Gasteiger partial charge in [-0.25, -0.2) is 4.39 Å². The third-order valence-corrected chi connectivity index (χ3v) is 3.71. The lowest BCUT2D eigenvalue weighted by molar-refractivity contribution is -0.117. The summed E-state index contributed by atoms with van der Waals surface area (Å²) in [5.41, 5.74) is 6.36. The number of amides is 1. The lowest BCUT2D eigenvalue weighted by Crippen LogP contribution is -2.42. The number of rotatable bonds is 4. The predicted molar refractivity (Wildman–Crippen MR) is 73.2 cm³/mol. The number of nitrogens with one attached hydrogen (secondary N) is 1. The van der Waals surface area contributed by atoms with E-state index < -0.39 is 0 Å². The minimum absolute atomic E-state index is 0.0841. The van der Waals surface area contributed by atoms with E-state index in [1.165, 1.54) is 12.1 Å². The smallest absolute Gasteiger partial charge is 0.238 e. The molecule has 0 aromatic heterocycles. The molecule has 5 heteroatoms. The van der Waals surface area contributed by atoms with Crippen LogP contribution in [-0.4, -0.2) is 36.5 Å². The van der Waals surface area contributed by atoms with Crippen molar-refractivity contribution in [1.29, 1.82) is 0 Å². The SMILES string of the molecule is CC1CCN(CC(=O)Nc2ccc(F)cc2)C1CN. The van der Waals surface area contributed by atoms with E-state index >= 15 is 0 Å². The van der Waals surface area contributed by atoms with Crippen molar-refractivity contribution >= 4 is 11.6 Å². The van der Waals surface area contributed by atoms with Crippen LogP contribution in [0.4, 0.5) is 10.1 Å². The van der Waals surface area contributed by atoms with Crippen LogP contribution in [0.2, 0.25) is 0 Å². The number of nitrogens with two attached hydrogens (primary N) is 1. The number of benzene rings is 1. The second-order valence-corrected chi connectivity index (χ2v) is 5.09. The summed E-state index contributed by atoms with van der Waals surface area (Å²) in [4.78, 5) is 14.0. The summed E-state index contributed by atoms with van der Waals surface area (Å²) in [7, 11) is 0. The van der Waals surface area contributed by atoms with Gasteiger partial charge in [-0.3, -0.25) is 9.69 Å². The summed E-state index contributed by atoms with van der Waals surface area (Å²) in [6.07, 6.45) is 1.08. The number of anilines is 1. The highest BCUT2D eigenvalue weighted by atomic mass is 19.1. The maximum absolute atomic E-state index is 12.8. The standard InChI is InChI=1S/C14H20FN3O/c1-10-6-7-18(13(10)8-16)9-14(19)17-12-4-2-11(15)3-5-12/h2-5,10,13H,6-9,16H2,1H3,(H,17,19). The van der Waals surface area contributed by atoms with Crippen molar-refractivity contribution in [3.63, 3.8) is 0 Å². The van der Waals surface area contributed by atoms with Crippen LogP contribution in [0.3, 0.4) is 0 Å². The Labute approximate surface area is 112 Å². The fourth-order valence-corrected chi connectivity index (χ4v) is 2.58. The molecule has 1 fully saturated rings. The Morgan fingerprint density at radius 2 is 2.16 bits per heavy atom. The first-order chi connectivity index (χ1) is 9.10. The lowest BCUT2D eigenvalue weighted by atomic mass is 10.0. The van der Waals surface area contributed by atoms with Crippen LogP contribution in [-0.2, 0) is 4.79 Å². The van der Waals surface area contributed by atoms with E-state index in [9.17, 15) is 9.18 Å². The molecule has 0 saturated carbocycles. The van der Waals surface area contributed by atoms with Crippen LogP contribution in [0.1, 0.15) is 13.3 Å². The Kier molecular flexibility index (Phi) is 4.50. The number of likely N-dealkylation sites (tertiary alicyclic amines) is 1. The molecule has 0 bridgehead atoms. The van der Waals surface area contributed by atoms with Gasteiger partial charge in [-0.15, -0.1) is 0 Å². The average molecular weight is 265 g/mol. The zero-order valence-electron chi connectivity index (χ0n) is 11.1. The molecular formula is C14H20FN3O. The van der Waals surface area contributed by atoms with Crippen LogP contribution in [0.5, 0.6) is 0 Å². The summed E-state index contributed by atoms with van der Waals surface area (Å²) in [6, 6.07) is 6.05. The molecule has 1 aliphatic heterocycles. The first-order valence-corrected chi connectivity index (χ1v) is 6.59. The van der Waals surface area contributed by atoms with Crippen molar-refractivity contribution in [3.05, 3.63) is 30.1 Å². The van der Waals surface area contributed by atoms with Crippen molar-refractivity contribution < 1.29 is 9.18 Å². The Bertz CT molecular complexity index is 435. The molecule has 0 aliphatic carbocycles. The molecule has 0 radical (unpaired) electrons. The van der Waals surface area contributed by atoms with Gasteiger partial charge in [0.2, 0.25) is 5.91 Å². The van der Waals surface area contributed by atoms with Gasteiger partial charge in [-0.05, 0) is 43.1 Å². The van der Waals surface area contributed by atoms with E-state index in [2.05, 4.69) is 17.1 Å². The summed E-state index contributed by atoms with van der Waals surface area (Å²) >= 11 is 0. The van der Waals surface area contributed by atoms with Gasteiger partial charge < -0.3 is 11.1 Å². The van der Waals surface area contributed by atoms with Gasteiger partial charge in [0.25, 0.3) is 0 Å². The normalized spacial score (nSPS) is 23.5. The van der Waals surface area contributed by atoms with E-state index in [0.29, 0.717) is 24.7 Å². The zero-order valence-corrected chi connectivity index (χ0v) is 11.1. The topological polar surface area (TPSA) is 58.4 Å². The molecule has 3 N–H and O–H groups in total. The zero-order chi connectivity index (χ0) is 13.8. The number of hydrogen-bond acceptors (Lipinski definition) is 3. The summed E-state index contributed by atoms with van der Waals surface area (Å²) in [6.45, 7) is 3.98. The van der Waals surface area contributed by atoms with E-state index in [-0.39, 0.29) is 17.8 Å². The number of halogens is 1. The third kappa shape index (κ3) is 3.52. The molecule has 0 spiro atoms. The summed E-state index contributed by atoms with van der Waals surface area (Å²) in [5.74, 6) is 0.136. The van der Waals surface area contributed by atoms with Gasteiger partial charge in [0.15, 0.2) is 0 Å². The summed E-state index contributed by atoms with van der Waals surface area (Å²) in [5, 5.41) is 2.77. The molecule has 1 heterocycles. The molecule has 1 saturated heterocycles. The Hall–Kier alpha value is -1.46.